The van der Waals surface area contributed by atoms with Gasteiger partial charge >= 0.3 is 0 Å². The molecule has 2 aliphatic rings. The fourth-order valence-corrected chi connectivity index (χ4v) is 5.34. The van der Waals surface area contributed by atoms with E-state index >= 15 is 0 Å². The average molecular weight is 427 g/mol. The molecule has 0 bridgehead atoms. The van der Waals surface area contributed by atoms with Crippen LogP contribution < -0.4 is 10.2 Å². The summed E-state index contributed by atoms with van der Waals surface area (Å²) in [7, 11) is -3.17. The lowest BCUT2D eigenvalue weighted by molar-refractivity contribution is 0.0931. The van der Waals surface area contributed by atoms with Crippen LogP contribution in [0.15, 0.2) is 47.4 Å². The van der Waals surface area contributed by atoms with Gasteiger partial charge in [0.2, 0.25) is 0 Å². The molecule has 1 N–H and O–H groups in total. The van der Waals surface area contributed by atoms with Crippen molar-refractivity contribution in [3.05, 3.63) is 59.2 Å². The number of benzene rings is 2. The molecule has 1 amide bonds. The first-order valence-corrected chi connectivity index (χ1v) is 12.6. The number of sulfone groups is 1. The number of rotatable bonds is 5. The highest BCUT2D eigenvalue weighted by Crippen LogP contribution is 2.24. The van der Waals surface area contributed by atoms with Gasteiger partial charge in [0.05, 0.1) is 10.6 Å². The summed E-state index contributed by atoms with van der Waals surface area (Å²) in [6.07, 6.45) is 6.42. The molecule has 0 spiro atoms. The first-order valence-electron chi connectivity index (χ1n) is 11.0. The van der Waals surface area contributed by atoms with E-state index in [0.29, 0.717) is 4.90 Å². The molecule has 1 saturated heterocycles. The van der Waals surface area contributed by atoms with E-state index in [1.54, 1.807) is 19.1 Å². The van der Waals surface area contributed by atoms with Gasteiger partial charge in [-0.2, -0.15) is 0 Å². The van der Waals surface area contributed by atoms with Crippen molar-refractivity contribution in [1.29, 1.82) is 0 Å². The topological polar surface area (TPSA) is 66.5 Å². The van der Waals surface area contributed by atoms with Crippen molar-refractivity contribution < 1.29 is 13.2 Å². The van der Waals surface area contributed by atoms with Crippen LogP contribution in [0.4, 0.5) is 5.69 Å². The van der Waals surface area contributed by atoms with Crippen molar-refractivity contribution in [2.75, 3.05) is 23.7 Å². The van der Waals surface area contributed by atoms with Gasteiger partial charge in [-0.25, -0.2) is 8.42 Å². The zero-order chi connectivity index (χ0) is 21.1. The van der Waals surface area contributed by atoms with Gasteiger partial charge in [0.25, 0.3) is 5.91 Å². The largest absolute Gasteiger partial charge is 0.371 e. The summed E-state index contributed by atoms with van der Waals surface area (Å²) in [5.74, 6) is 0.137. The number of anilines is 1. The van der Waals surface area contributed by atoms with Gasteiger partial charge in [-0.05, 0) is 86.1 Å². The van der Waals surface area contributed by atoms with Gasteiger partial charge < -0.3 is 10.2 Å². The molecule has 4 rings (SSSR count). The van der Waals surface area contributed by atoms with Crippen LogP contribution in [0, 0.1) is 0 Å². The number of carbonyl (C=O) groups is 1. The molecule has 30 heavy (non-hydrogen) atoms. The molecule has 1 heterocycles. The lowest BCUT2D eigenvalue weighted by Gasteiger charge is -2.34. The molecule has 0 radical (unpaired) electrons. The zero-order valence-electron chi connectivity index (χ0n) is 17.6. The molecule has 0 saturated carbocycles. The summed E-state index contributed by atoms with van der Waals surface area (Å²) in [6.45, 7) is 3.34. The standard InChI is InChI=1S/C24H30N2O3S/c1-2-30(28,29)23-11-9-22(10-12-23)26-15-13-21(14-16-26)25-24(27)20-8-7-18-5-3-4-6-19(18)17-20/h7-12,17,21H,2-6,13-16H2,1H3,(H,25,27). The van der Waals surface area contributed by atoms with E-state index in [-0.39, 0.29) is 17.7 Å². The third kappa shape index (κ3) is 4.53. The Balaban J connectivity index is 1.33. The van der Waals surface area contributed by atoms with Crippen LogP contribution in [0.3, 0.4) is 0 Å². The van der Waals surface area contributed by atoms with Gasteiger partial charge in [0.1, 0.15) is 0 Å². The molecule has 0 aromatic heterocycles. The Morgan fingerprint density at radius 1 is 1.00 bits per heavy atom. The molecule has 2 aromatic rings. The van der Waals surface area contributed by atoms with Crippen LogP contribution in [0.1, 0.15) is 54.1 Å². The average Bonchev–Trinajstić information content (AvgIpc) is 2.79. The van der Waals surface area contributed by atoms with Crippen LogP contribution >= 0.6 is 0 Å². The Bertz CT molecular complexity index is 1010. The number of hydrogen-bond acceptors (Lipinski definition) is 4. The van der Waals surface area contributed by atoms with Gasteiger partial charge in [-0.3, -0.25) is 4.79 Å². The number of nitrogens with one attached hydrogen (secondary N) is 1. The zero-order valence-corrected chi connectivity index (χ0v) is 18.4. The summed E-state index contributed by atoms with van der Waals surface area (Å²) in [6, 6.07) is 13.5. The molecule has 0 unspecified atom stereocenters. The maximum absolute atomic E-state index is 12.7. The van der Waals surface area contributed by atoms with Crippen molar-refractivity contribution in [2.24, 2.45) is 0 Å². The molecular weight excluding hydrogens is 396 g/mol. The lowest BCUT2D eigenvalue weighted by atomic mass is 9.90. The molecule has 0 atom stereocenters. The molecule has 6 heteroatoms. The van der Waals surface area contributed by atoms with Crippen LogP contribution in [0.25, 0.3) is 0 Å². The van der Waals surface area contributed by atoms with Gasteiger partial charge in [0, 0.05) is 30.4 Å². The first kappa shape index (κ1) is 20.9. The maximum atomic E-state index is 12.7. The number of amides is 1. The van der Waals surface area contributed by atoms with Crippen molar-refractivity contribution >= 4 is 21.4 Å². The van der Waals surface area contributed by atoms with E-state index in [1.165, 1.54) is 24.0 Å². The second kappa shape index (κ2) is 8.80. The number of carbonyl (C=O) groups excluding carboxylic acids is 1. The van der Waals surface area contributed by atoms with E-state index in [2.05, 4.69) is 22.3 Å². The van der Waals surface area contributed by atoms with E-state index in [1.807, 2.05) is 18.2 Å². The predicted molar refractivity (Wildman–Crippen MR) is 120 cm³/mol. The Kier molecular flexibility index (Phi) is 6.14. The van der Waals surface area contributed by atoms with Crippen LogP contribution in [-0.2, 0) is 22.7 Å². The summed E-state index contributed by atoms with van der Waals surface area (Å²) < 4.78 is 24.0. The minimum atomic E-state index is -3.17. The van der Waals surface area contributed by atoms with E-state index in [4.69, 9.17) is 0 Å². The van der Waals surface area contributed by atoms with E-state index in [0.717, 1.165) is 50.0 Å². The monoisotopic (exact) mass is 426 g/mol. The lowest BCUT2D eigenvalue weighted by Crippen LogP contribution is -2.44. The molecule has 1 aliphatic heterocycles. The van der Waals surface area contributed by atoms with Crippen molar-refractivity contribution in [2.45, 2.75) is 56.4 Å². The molecule has 2 aromatic carbocycles. The molecule has 5 nitrogen and oxygen atoms in total. The van der Waals surface area contributed by atoms with Gasteiger partial charge in [0.15, 0.2) is 9.84 Å². The third-order valence-electron chi connectivity index (χ3n) is 6.38. The number of piperidine rings is 1. The molecule has 1 fully saturated rings. The number of hydrogen-bond donors (Lipinski definition) is 1. The Hall–Kier alpha value is -2.34. The van der Waals surface area contributed by atoms with Crippen molar-refractivity contribution in [3.8, 4) is 0 Å². The molecular formula is C24H30N2O3S. The number of aryl methyl sites for hydroxylation is 2. The first-order chi connectivity index (χ1) is 14.5. The summed E-state index contributed by atoms with van der Waals surface area (Å²) in [5.41, 5.74) is 4.52. The van der Waals surface area contributed by atoms with Crippen molar-refractivity contribution in [1.82, 2.24) is 5.32 Å². The number of nitrogens with zero attached hydrogens (tertiary/aromatic N) is 1. The highest BCUT2D eigenvalue weighted by atomic mass is 32.2. The Morgan fingerprint density at radius 3 is 2.33 bits per heavy atom. The second-order valence-electron chi connectivity index (χ2n) is 8.32. The third-order valence-corrected chi connectivity index (χ3v) is 8.13. The normalized spacial score (nSPS) is 17.4. The molecule has 1 aliphatic carbocycles. The Morgan fingerprint density at radius 2 is 1.67 bits per heavy atom. The van der Waals surface area contributed by atoms with E-state index in [9.17, 15) is 13.2 Å². The summed E-state index contributed by atoms with van der Waals surface area (Å²) in [4.78, 5) is 15.4. The van der Waals surface area contributed by atoms with Crippen LogP contribution in [0.5, 0.6) is 0 Å². The fraction of sp³-hybridized carbons (Fsp3) is 0.458. The van der Waals surface area contributed by atoms with Gasteiger partial charge in [-0.15, -0.1) is 0 Å². The fourth-order valence-electron chi connectivity index (χ4n) is 4.46. The van der Waals surface area contributed by atoms with Crippen LogP contribution in [0.2, 0.25) is 0 Å². The summed E-state index contributed by atoms with van der Waals surface area (Å²) >= 11 is 0. The van der Waals surface area contributed by atoms with Gasteiger partial charge in [-0.1, -0.05) is 13.0 Å². The minimum absolute atomic E-state index is 0.0240. The maximum Gasteiger partial charge on any atom is 0.251 e. The summed E-state index contributed by atoms with van der Waals surface area (Å²) in [5, 5.41) is 3.21. The highest BCUT2D eigenvalue weighted by Gasteiger charge is 2.22. The van der Waals surface area contributed by atoms with Crippen molar-refractivity contribution in [3.63, 3.8) is 0 Å². The van der Waals surface area contributed by atoms with Crippen LogP contribution in [-0.4, -0.2) is 39.2 Å². The van der Waals surface area contributed by atoms with E-state index < -0.39 is 9.84 Å². The number of fused-ring (bicyclic) bond motifs is 1. The highest BCUT2D eigenvalue weighted by molar-refractivity contribution is 7.91. The smallest absolute Gasteiger partial charge is 0.251 e. The predicted octanol–water partition coefficient (Wildman–Crippen LogP) is 3.76. The SMILES string of the molecule is CCS(=O)(=O)c1ccc(N2CCC(NC(=O)c3ccc4c(c3)CCCC4)CC2)cc1. The molecule has 160 valence electrons. The Labute approximate surface area is 179 Å². The second-order valence-corrected chi connectivity index (χ2v) is 10.6. The quantitative estimate of drug-likeness (QED) is 0.791. The minimum Gasteiger partial charge on any atom is -0.371 e.